The number of anilines is 2. The van der Waals surface area contributed by atoms with Gasteiger partial charge in [-0.05, 0) is 36.8 Å². The van der Waals surface area contributed by atoms with Crippen LogP contribution < -0.4 is 15.4 Å². The summed E-state index contributed by atoms with van der Waals surface area (Å²) >= 11 is 0. The molecule has 0 fully saturated rings. The average Bonchev–Trinajstić information content (AvgIpc) is 3.42. The molecule has 3 N–H and O–H groups in total. The first-order valence-electron chi connectivity index (χ1n) is 12.3. The van der Waals surface area contributed by atoms with E-state index in [1.54, 1.807) is 63.4 Å². The second-order valence-corrected chi connectivity index (χ2v) is 8.67. The Labute approximate surface area is 230 Å². The standard InChI is InChI=1S/C28H26N10O2/c1-17-10-23(36-25-16-32-24(37-25)15-29-2)38-27(35-17)20-5-8-22(31-14-20)28(39)34-12-18-4-7-21(30-11-18)19-6-9-26(40-3)33-13-19/h4-11,13-16H,12H2,1-3H3,(H,32,37)(H,34,39)(H,35,36,38). The summed E-state index contributed by atoms with van der Waals surface area (Å²) in [4.78, 5) is 46.1. The Morgan fingerprint density at radius 1 is 0.975 bits per heavy atom. The molecular formula is C28H26N10O2. The molecule has 0 atom stereocenters. The van der Waals surface area contributed by atoms with Gasteiger partial charge in [-0.3, -0.25) is 19.8 Å². The zero-order valence-corrected chi connectivity index (χ0v) is 22.1. The largest absolute Gasteiger partial charge is 0.481 e. The molecule has 0 radical (unpaired) electrons. The molecule has 0 aliphatic heterocycles. The van der Waals surface area contributed by atoms with Gasteiger partial charge in [0, 0.05) is 61.1 Å². The quantitative estimate of drug-likeness (QED) is 0.240. The zero-order chi connectivity index (χ0) is 27.9. The van der Waals surface area contributed by atoms with E-state index >= 15 is 0 Å². The van der Waals surface area contributed by atoms with Crippen LogP contribution in [0.15, 0.2) is 72.2 Å². The first-order valence-corrected chi connectivity index (χ1v) is 12.3. The highest BCUT2D eigenvalue weighted by Gasteiger charge is 2.11. The molecule has 0 aromatic carbocycles. The van der Waals surface area contributed by atoms with Crippen molar-refractivity contribution in [3.05, 3.63) is 90.0 Å². The van der Waals surface area contributed by atoms with Crippen molar-refractivity contribution in [2.45, 2.75) is 13.5 Å². The van der Waals surface area contributed by atoms with Gasteiger partial charge in [-0.2, -0.15) is 0 Å². The molecule has 5 rings (SSSR count). The van der Waals surface area contributed by atoms with Crippen molar-refractivity contribution in [1.29, 1.82) is 0 Å². The predicted octanol–water partition coefficient (Wildman–Crippen LogP) is 3.76. The van der Waals surface area contributed by atoms with Crippen molar-refractivity contribution in [2.24, 2.45) is 4.99 Å². The minimum Gasteiger partial charge on any atom is -0.481 e. The Kier molecular flexibility index (Phi) is 7.77. The van der Waals surface area contributed by atoms with E-state index in [4.69, 9.17) is 4.74 Å². The molecule has 5 aromatic heterocycles. The summed E-state index contributed by atoms with van der Waals surface area (Å²) in [6.45, 7) is 2.19. The molecular weight excluding hydrogens is 508 g/mol. The summed E-state index contributed by atoms with van der Waals surface area (Å²) in [5.74, 6) is 2.62. The number of imidazole rings is 1. The van der Waals surface area contributed by atoms with Gasteiger partial charge in [0.2, 0.25) is 5.88 Å². The third-order valence-corrected chi connectivity index (χ3v) is 5.74. The SMILES string of the molecule is CN=Cc1ncc(Nc2cc(C)nc(-c3ccc(C(=O)NCc4ccc(-c5ccc(OC)nc5)nc4)nc3)n2)[nH]1. The number of nitrogens with one attached hydrogen (secondary N) is 3. The van der Waals surface area contributed by atoms with E-state index in [-0.39, 0.29) is 11.6 Å². The van der Waals surface area contributed by atoms with Crippen molar-refractivity contribution in [2.75, 3.05) is 19.5 Å². The molecule has 12 heteroatoms. The van der Waals surface area contributed by atoms with Crippen molar-refractivity contribution in [3.63, 3.8) is 0 Å². The number of hydrogen-bond acceptors (Lipinski definition) is 10. The van der Waals surface area contributed by atoms with Gasteiger partial charge < -0.3 is 20.4 Å². The number of pyridine rings is 3. The Morgan fingerprint density at radius 3 is 2.52 bits per heavy atom. The van der Waals surface area contributed by atoms with Gasteiger partial charge in [-0.15, -0.1) is 0 Å². The number of aromatic amines is 1. The molecule has 1 amide bonds. The molecule has 5 heterocycles. The molecule has 0 saturated carbocycles. The van der Waals surface area contributed by atoms with Gasteiger partial charge in [0.05, 0.1) is 25.2 Å². The Morgan fingerprint density at radius 2 is 1.82 bits per heavy atom. The molecule has 0 saturated heterocycles. The minimum atomic E-state index is -0.298. The van der Waals surface area contributed by atoms with Crippen LogP contribution in [0.25, 0.3) is 22.6 Å². The number of nitrogens with zero attached hydrogens (tertiary/aromatic N) is 7. The number of aryl methyl sites for hydroxylation is 1. The van der Waals surface area contributed by atoms with Crippen LogP contribution in [0.4, 0.5) is 11.6 Å². The lowest BCUT2D eigenvalue weighted by molar-refractivity contribution is 0.0946. The van der Waals surface area contributed by atoms with Crippen LogP contribution in [0, 0.1) is 6.92 Å². The van der Waals surface area contributed by atoms with Crippen molar-refractivity contribution in [3.8, 4) is 28.5 Å². The van der Waals surface area contributed by atoms with Crippen molar-refractivity contribution in [1.82, 2.24) is 40.2 Å². The molecule has 0 bridgehead atoms. The minimum absolute atomic E-state index is 0.284. The number of aromatic nitrogens is 7. The molecule has 12 nitrogen and oxygen atoms in total. The number of carbonyl (C=O) groups is 1. The first kappa shape index (κ1) is 26.1. The van der Waals surface area contributed by atoms with E-state index in [0.717, 1.165) is 22.5 Å². The summed E-state index contributed by atoms with van der Waals surface area (Å²) in [5.41, 5.74) is 4.24. The Balaban J connectivity index is 1.21. The monoisotopic (exact) mass is 534 g/mol. The third-order valence-electron chi connectivity index (χ3n) is 5.74. The average molecular weight is 535 g/mol. The van der Waals surface area contributed by atoms with E-state index in [0.29, 0.717) is 41.3 Å². The fraction of sp³-hybridized carbons (Fsp3) is 0.143. The maximum atomic E-state index is 12.7. The van der Waals surface area contributed by atoms with Gasteiger partial charge in [-0.1, -0.05) is 6.07 Å². The lowest BCUT2D eigenvalue weighted by Crippen LogP contribution is -2.23. The number of H-pyrrole nitrogens is 1. The molecule has 0 unspecified atom stereocenters. The molecule has 5 aromatic rings. The van der Waals surface area contributed by atoms with Crippen LogP contribution in [-0.4, -0.2) is 61.2 Å². The summed E-state index contributed by atoms with van der Waals surface area (Å²) in [6, 6.07) is 12.7. The smallest absolute Gasteiger partial charge is 0.270 e. The van der Waals surface area contributed by atoms with Gasteiger partial charge in [0.1, 0.15) is 23.2 Å². The van der Waals surface area contributed by atoms with Crippen LogP contribution in [0.5, 0.6) is 5.88 Å². The summed E-state index contributed by atoms with van der Waals surface area (Å²) in [6.07, 6.45) is 8.29. The summed E-state index contributed by atoms with van der Waals surface area (Å²) in [5, 5.41) is 6.06. The van der Waals surface area contributed by atoms with Gasteiger partial charge >= 0.3 is 0 Å². The number of hydrogen-bond donors (Lipinski definition) is 3. The van der Waals surface area contributed by atoms with E-state index < -0.39 is 0 Å². The van der Waals surface area contributed by atoms with Gasteiger partial charge in [-0.25, -0.2) is 19.9 Å². The number of carbonyl (C=O) groups excluding carboxylic acids is 1. The molecule has 200 valence electrons. The Hall–Kier alpha value is -5.52. The highest BCUT2D eigenvalue weighted by molar-refractivity contribution is 5.92. The summed E-state index contributed by atoms with van der Waals surface area (Å²) < 4.78 is 5.09. The molecule has 0 aliphatic rings. The molecule has 0 aliphatic carbocycles. The van der Waals surface area contributed by atoms with Crippen LogP contribution in [0.1, 0.15) is 27.6 Å². The normalized spacial score (nSPS) is 11.0. The predicted molar refractivity (Wildman–Crippen MR) is 151 cm³/mol. The molecule has 40 heavy (non-hydrogen) atoms. The second-order valence-electron chi connectivity index (χ2n) is 8.67. The van der Waals surface area contributed by atoms with Crippen LogP contribution >= 0.6 is 0 Å². The van der Waals surface area contributed by atoms with E-state index in [1.807, 2.05) is 31.2 Å². The first-order chi connectivity index (χ1) is 19.5. The fourth-order valence-corrected chi connectivity index (χ4v) is 3.77. The van der Waals surface area contributed by atoms with Gasteiger partial charge in [0.25, 0.3) is 5.91 Å². The van der Waals surface area contributed by atoms with Crippen molar-refractivity contribution >= 4 is 23.8 Å². The Bertz CT molecular complexity index is 1630. The van der Waals surface area contributed by atoms with E-state index in [1.165, 1.54) is 0 Å². The van der Waals surface area contributed by atoms with Crippen LogP contribution in [-0.2, 0) is 6.54 Å². The fourth-order valence-electron chi connectivity index (χ4n) is 3.77. The zero-order valence-electron chi connectivity index (χ0n) is 22.1. The number of methoxy groups -OCH3 is 1. The third kappa shape index (κ3) is 6.30. The van der Waals surface area contributed by atoms with Gasteiger partial charge in [0.15, 0.2) is 5.82 Å². The van der Waals surface area contributed by atoms with Crippen LogP contribution in [0.3, 0.4) is 0 Å². The second kappa shape index (κ2) is 11.9. The number of amides is 1. The number of ether oxygens (including phenoxy) is 1. The number of aliphatic imine (C=N–C) groups is 1. The maximum Gasteiger partial charge on any atom is 0.270 e. The highest BCUT2D eigenvalue weighted by Crippen LogP contribution is 2.20. The lowest BCUT2D eigenvalue weighted by atomic mass is 10.1. The van der Waals surface area contributed by atoms with Crippen LogP contribution in [0.2, 0.25) is 0 Å². The topological polar surface area (TPSA) is 156 Å². The van der Waals surface area contributed by atoms with E-state index in [2.05, 4.69) is 50.5 Å². The highest BCUT2D eigenvalue weighted by atomic mass is 16.5. The number of rotatable bonds is 9. The maximum absolute atomic E-state index is 12.7. The molecule has 0 spiro atoms. The van der Waals surface area contributed by atoms with E-state index in [9.17, 15) is 4.79 Å². The van der Waals surface area contributed by atoms with Crippen molar-refractivity contribution < 1.29 is 9.53 Å². The lowest BCUT2D eigenvalue weighted by Gasteiger charge is -2.08. The summed E-state index contributed by atoms with van der Waals surface area (Å²) in [7, 11) is 3.25.